The van der Waals surface area contributed by atoms with Gasteiger partial charge in [0.2, 0.25) is 0 Å². The Balaban J connectivity index is 1.39. The van der Waals surface area contributed by atoms with Crippen LogP contribution in [-0.2, 0) is 17.9 Å². The lowest BCUT2D eigenvalue weighted by molar-refractivity contribution is -0.137. The van der Waals surface area contributed by atoms with E-state index in [1.54, 1.807) is 19.2 Å². The molecule has 0 amide bonds. The summed E-state index contributed by atoms with van der Waals surface area (Å²) in [4.78, 5) is 13.9. The first kappa shape index (κ1) is 27.2. The molecule has 3 aromatic rings. The Morgan fingerprint density at radius 1 is 1.03 bits per heavy atom. The highest BCUT2D eigenvalue weighted by Crippen LogP contribution is 2.45. The van der Waals surface area contributed by atoms with Gasteiger partial charge in [-0.2, -0.15) is 0 Å². The maximum atomic E-state index is 15.0. The zero-order valence-electron chi connectivity index (χ0n) is 22.9. The molecule has 1 heterocycles. The maximum Gasteiger partial charge on any atom is 0.303 e. The molecule has 0 spiro atoms. The summed E-state index contributed by atoms with van der Waals surface area (Å²) in [7, 11) is 1.59. The van der Waals surface area contributed by atoms with Gasteiger partial charge in [0.05, 0.1) is 13.5 Å². The summed E-state index contributed by atoms with van der Waals surface area (Å²) in [5.41, 5.74) is 4.52. The van der Waals surface area contributed by atoms with Gasteiger partial charge in [-0.05, 0) is 104 Å². The first-order valence-corrected chi connectivity index (χ1v) is 14.1. The van der Waals surface area contributed by atoms with E-state index in [-0.39, 0.29) is 18.2 Å². The van der Waals surface area contributed by atoms with E-state index >= 15 is 4.39 Å². The van der Waals surface area contributed by atoms with Crippen molar-refractivity contribution in [2.24, 2.45) is 5.92 Å². The van der Waals surface area contributed by atoms with E-state index in [4.69, 9.17) is 9.47 Å². The van der Waals surface area contributed by atoms with Crippen LogP contribution in [0.1, 0.15) is 68.1 Å². The number of hydrogen-bond acceptors (Lipinski definition) is 4. The zero-order chi connectivity index (χ0) is 27.4. The third kappa shape index (κ3) is 6.80. The minimum Gasteiger partial charge on any atom is -0.497 e. The van der Waals surface area contributed by atoms with Crippen molar-refractivity contribution >= 4 is 5.97 Å². The minimum atomic E-state index is -0.763. The fourth-order valence-electron chi connectivity index (χ4n) is 5.82. The topological polar surface area (TPSA) is 59.0 Å². The molecule has 2 atom stereocenters. The standard InChI is InChI=1S/C33H38FNO4/c1-22-6-3-4-15-35(22)20-26-16-23(9-13-29(26)31-18-27(38-2)12-14-32(31)34)21-39-28-8-5-7-25(17-28)30(19-33(36)37)24-10-11-24/h5,7-9,12-14,16-18,22,24,30H,3-4,6,10-11,15,19-21H2,1-2H3,(H,36,37)/t22-,30-/m0/s1. The highest BCUT2D eigenvalue weighted by molar-refractivity contribution is 5.70. The van der Waals surface area contributed by atoms with Crippen molar-refractivity contribution in [2.45, 2.75) is 70.6 Å². The molecule has 0 unspecified atom stereocenters. The number of carboxylic acids is 1. The SMILES string of the molecule is COc1ccc(F)c(-c2ccc(COc3cccc([C@@H](CC(=O)O)C4CC4)c3)cc2CN2CCCC[C@@H]2C)c1. The van der Waals surface area contributed by atoms with Gasteiger partial charge in [-0.15, -0.1) is 0 Å². The predicted molar refractivity (Wildman–Crippen MR) is 151 cm³/mol. The first-order chi connectivity index (χ1) is 18.9. The van der Waals surface area contributed by atoms with Gasteiger partial charge in [-0.1, -0.05) is 36.8 Å². The Morgan fingerprint density at radius 2 is 1.87 bits per heavy atom. The third-order valence-electron chi connectivity index (χ3n) is 8.22. The second-order valence-electron chi connectivity index (χ2n) is 11.1. The van der Waals surface area contributed by atoms with Crippen molar-refractivity contribution < 1.29 is 23.8 Å². The maximum absolute atomic E-state index is 15.0. The van der Waals surface area contributed by atoms with Crippen molar-refractivity contribution in [1.29, 1.82) is 0 Å². The Kier molecular flexibility index (Phi) is 8.51. The molecule has 1 aliphatic carbocycles. The average molecular weight is 532 g/mol. The van der Waals surface area contributed by atoms with Crippen molar-refractivity contribution in [1.82, 2.24) is 4.90 Å². The molecule has 0 bridgehead atoms. The van der Waals surface area contributed by atoms with Crippen LogP contribution < -0.4 is 9.47 Å². The van der Waals surface area contributed by atoms with Crippen LogP contribution in [0.25, 0.3) is 11.1 Å². The number of likely N-dealkylation sites (tertiary alicyclic amines) is 1. The van der Waals surface area contributed by atoms with Gasteiger partial charge in [-0.25, -0.2) is 4.39 Å². The number of nitrogens with zero attached hydrogens (tertiary/aromatic N) is 1. The van der Waals surface area contributed by atoms with Gasteiger partial charge in [0.25, 0.3) is 0 Å². The molecule has 3 aromatic carbocycles. The molecule has 5 rings (SSSR count). The normalized spacial score (nSPS) is 18.5. The Bertz CT molecular complexity index is 1300. The van der Waals surface area contributed by atoms with Crippen molar-refractivity contribution in [3.8, 4) is 22.6 Å². The van der Waals surface area contributed by atoms with E-state index in [2.05, 4.69) is 17.9 Å². The number of ether oxygens (including phenoxy) is 2. The van der Waals surface area contributed by atoms with Crippen LogP contribution in [0.2, 0.25) is 0 Å². The van der Waals surface area contributed by atoms with Crippen LogP contribution in [-0.4, -0.2) is 35.7 Å². The van der Waals surface area contributed by atoms with Crippen LogP contribution in [0, 0.1) is 11.7 Å². The number of halogens is 1. The molecule has 2 aliphatic rings. The Morgan fingerprint density at radius 3 is 2.62 bits per heavy atom. The van der Waals surface area contributed by atoms with Crippen molar-refractivity contribution in [3.63, 3.8) is 0 Å². The van der Waals surface area contributed by atoms with Gasteiger partial charge in [0.1, 0.15) is 23.9 Å². The van der Waals surface area contributed by atoms with E-state index in [9.17, 15) is 9.90 Å². The summed E-state index contributed by atoms with van der Waals surface area (Å²) in [5.74, 6) is 0.806. The van der Waals surface area contributed by atoms with E-state index in [1.807, 2.05) is 36.4 Å². The molecule has 39 heavy (non-hydrogen) atoms. The van der Waals surface area contributed by atoms with Gasteiger partial charge in [-0.3, -0.25) is 9.69 Å². The fraction of sp³-hybridized carbons (Fsp3) is 0.424. The summed E-state index contributed by atoms with van der Waals surface area (Å²) >= 11 is 0. The number of carboxylic acid groups (broad SMARTS) is 1. The van der Waals surface area contributed by atoms with E-state index in [0.717, 1.165) is 53.9 Å². The second kappa shape index (κ2) is 12.2. The number of carbonyl (C=O) groups is 1. The summed E-state index contributed by atoms with van der Waals surface area (Å²) < 4.78 is 26.6. The van der Waals surface area contributed by atoms with Crippen molar-refractivity contribution in [3.05, 3.63) is 83.2 Å². The van der Waals surface area contributed by atoms with Gasteiger partial charge >= 0.3 is 5.97 Å². The average Bonchev–Trinajstić information content (AvgIpc) is 3.78. The largest absolute Gasteiger partial charge is 0.497 e. The summed E-state index contributed by atoms with van der Waals surface area (Å²) in [6.45, 7) is 4.42. The Hall–Kier alpha value is -3.38. The van der Waals surface area contributed by atoms with Gasteiger partial charge in [0.15, 0.2) is 0 Å². The molecule has 206 valence electrons. The van der Waals surface area contributed by atoms with Crippen molar-refractivity contribution in [2.75, 3.05) is 13.7 Å². The molecule has 0 aromatic heterocycles. The number of piperidine rings is 1. The molecular formula is C33H38FNO4. The molecule has 5 nitrogen and oxygen atoms in total. The highest BCUT2D eigenvalue weighted by Gasteiger charge is 2.33. The fourth-order valence-corrected chi connectivity index (χ4v) is 5.82. The molecule has 1 saturated carbocycles. The minimum absolute atomic E-state index is 0.0289. The third-order valence-corrected chi connectivity index (χ3v) is 8.22. The molecular weight excluding hydrogens is 493 g/mol. The lowest BCUT2D eigenvalue weighted by Crippen LogP contribution is -2.36. The molecule has 1 aliphatic heterocycles. The molecule has 2 fully saturated rings. The van der Waals surface area contributed by atoms with E-state index in [1.165, 1.54) is 25.3 Å². The molecule has 1 saturated heterocycles. The highest BCUT2D eigenvalue weighted by atomic mass is 19.1. The lowest BCUT2D eigenvalue weighted by atomic mass is 9.91. The van der Waals surface area contributed by atoms with Gasteiger partial charge < -0.3 is 14.6 Å². The number of aliphatic carboxylic acids is 1. The predicted octanol–water partition coefficient (Wildman–Crippen LogP) is 7.42. The number of methoxy groups -OCH3 is 1. The van der Waals surface area contributed by atoms with Crippen LogP contribution in [0.5, 0.6) is 11.5 Å². The summed E-state index contributed by atoms with van der Waals surface area (Å²) in [5, 5.41) is 9.39. The van der Waals surface area contributed by atoms with Crippen LogP contribution in [0.3, 0.4) is 0 Å². The van der Waals surface area contributed by atoms with Crippen LogP contribution in [0.15, 0.2) is 60.7 Å². The first-order valence-electron chi connectivity index (χ1n) is 14.1. The molecule has 0 radical (unpaired) electrons. The summed E-state index contributed by atoms with van der Waals surface area (Å²) in [6, 6.07) is 19.3. The second-order valence-corrected chi connectivity index (χ2v) is 11.1. The molecule has 1 N–H and O–H groups in total. The van der Waals surface area contributed by atoms with E-state index in [0.29, 0.717) is 29.9 Å². The van der Waals surface area contributed by atoms with Gasteiger partial charge in [0, 0.05) is 18.2 Å². The monoisotopic (exact) mass is 531 g/mol. The lowest BCUT2D eigenvalue weighted by Gasteiger charge is -2.34. The quantitative estimate of drug-likeness (QED) is 0.279. The summed E-state index contributed by atoms with van der Waals surface area (Å²) in [6.07, 6.45) is 5.91. The van der Waals surface area contributed by atoms with Crippen LogP contribution in [0.4, 0.5) is 4.39 Å². The smallest absolute Gasteiger partial charge is 0.303 e. The Labute approximate surface area is 230 Å². The number of hydrogen-bond donors (Lipinski definition) is 1. The van der Waals surface area contributed by atoms with E-state index < -0.39 is 5.97 Å². The number of rotatable bonds is 11. The number of benzene rings is 3. The zero-order valence-corrected chi connectivity index (χ0v) is 22.9. The molecule has 6 heteroatoms. The van der Waals surface area contributed by atoms with Crippen LogP contribution >= 0.6 is 0 Å².